The third-order valence-corrected chi connectivity index (χ3v) is 5.66. The van der Waals surface area contributed by atoms with Crippen LogP contribution in [-0.2, 0) is 6.54 Å². The van der Waals surface area contributed by atoms with Gasteiger partial charge in [0.05, 0.1) is 24.3 Å². The van der Waals surface area contributed by atoms with Gasteiger partial charge in [-0.1, -0.05) is 29.8 Å². The lowest BCUT2D eigenvalue weighted by Gasteiger charge is -2.26. The van der Waals surface area contributed by atoms with Gasteiger partial charge >= 0.3 is 0 Å². The molecule has 1 N–H and O–H groups in total. The standard InChI is InChI=1S/C25H25N7O2/c33-25(20-9-7-19(8-10-20)16-31-11-2-1-3-12-31)28-24-17-32(30-29-24)21-5-4-6-22(13-21)34-23-14-26-18-27-15-23/h4-10,13-15,17-18H,1-3,11-12,16H2,(H,28,33). The molecule has 34 heavy (non-hydrogen) atoms. The molecule has 0 spiro atoms. The number of aromatic nitrogens is 5. The molecular weight excluding hydrogens is 430 g/mol. The number of hydrogen-bond acceptors (Lipinski definition) is 7. The van der Waals surface area contributed by atoms with Crippen molar-refractivity contribution < 1.29 is 9.53 Å². The molecule has 9 heteroatoms. The minimum atomic E-state index is -0.224. The number of carbonyl (C=O) groups is 1. The second-order valence-corrected chi connectivity index (χ2v) is 8.21. The maximum absolute atomic E-state index is 12.7. The van der Waals surface area contributed by atoms with E-state index in [4.69, 9.17) is 4.74 Å². The Morgan fingerprint density at radius 2 is 1.76 bits per heavy atom. The van der Waals surface area contributed by atoms with Gasteiger partial charge in [0, 0.05) is 18.2 Å². The number of ether oxygens (including phenoxy) is 1. The monoisotopic (exact) mass is 455 g/mol. The number of carbonyl (C=O) groups excluding carboxylic acids is 1. The smallest absolute Gasteiger partial charge is 0.256 e. The molecule has 3 heterocycles. The largest absolute Gasteiger partial charge is 0.454 e. The van der Waals surface area contributed by atoms with E-state index in [1.807, 2.05) is 48.5 Å². The molecule has 0 radical (unpaired) electrons. The van der Waals surface area contributed by atoms with E-state index >= 15 is 0 Å². The van der Waals surface area contributed by atoms with E-state index in [2.05, 4.69) is 30.5 Å². The van der Waals surface area contributed by atoms with E-state index in [1.54, 1.807) is 23.3 Å². The van der Waals surface area contributed by atoms with Crippen molar-refractivity contribution in [2.45, 2.75) is 25.8 Å². The summed E-state index contributed by atoms with van der Waals surface area (Å²) in [6.45, 7) is 3.22. The van der Waals surface area contributed by atoms with Crippen molar-refractivity contribution in [3.05, 3.63) is 84.6 Å². The Hall–Kier alpha value is -4.11. The molecule has 172 valence electrons. The molecule has 0 aliphatic carbocycles. The van der Waals surface area contributed by atoms with Crippen molar-refractivity contribution in [2.75, 3.05) is 18.4 Å². The summed E-state index contributed by atoms with van der Waals surface area (Å²) in [5.74, 6) is 1.29. The fourth-order valence-electron chi connectivity index (χ4n) is 3.94. The number of benzene rings is 2. The molecule has 9 nitrogen and oxygen atoms in total. The van der Waals surface area contributed by atoms with Crippen molar-refractivity contribution in [3.63, 3.8) is 0 Å². The third-order valence-electron chi connectivity index (χ3n) is 5.66. The van der Waals surface area contributed by atoms with Crippen molar-refractivity contribution >= 4 is 11.7 Å². The zero-order valence-electron chi connectivity index (χ0n) is 18.7. The Balaban J connectivity index is 1.21. The van der Waals surface area contributed by atoms with Gasteiger partial charge in [0.1, 0.15) is 12.1 Å². The van der Waals surface area contributed by atoms with Crippen LogP contribution in [0, 0.1) is 0 Å². The lowest BCUT2D eigenvalue weighted by Crippen LogP contribution is -2.29. The van der Waals surface area contributed by atoms with Crippen LogP contribution in [0.15, 0.2) is 73.4 Å². The number of hydrogen-bond donors (Lipinski definition) is 1. The zero-order chi connectivity index (χ0) is 23.2. The Morgan fingerprint density at radius 1 is 0.971 bits per heavy atom. The highest BCUT2D eigenvalue weighted by atomic mass is 16.5. The van der Waals surface area contributed by atoms with Crippen molar-refractivity contribution in [1.29, 1.82) is 0 Å². The molecule has 4 aromatic rings. The Kier molecular flexibility index (Phi) is 6.53. The zero-order valence-corrected chi connectivity index (χ0v) is 18.7. The maximum atomic E-state index is 12.7. The highest BCUT2D eigenvalue weighted by Gasteiger charge is 2.13. The normalized spacial score (nSPS) is 14.0. The minimum absolute atomic E-state index is 0.224. The Morgan fingerprint density at radius 3 is 2.56 bits per heavy atom. The van der Waals surface area contributed by atoms with Crippen LogP contribution in [0.3, 0.4) is 0 Å². The molecule has 1 aliphatic rings. The van der Waals surface area contributed by atoms with Crippen LogP contribution in [0.2, 0.25) is 0 Å². The number of likely N-dealkylation sites (tertiary alicyclic amines) is 1. The number of rotatable bonds is 7. The Bertz CT molecular complexity index is 1240. The van der Waals surface area contributed by atoms with Crippen LogP contribution >= 0.6 is 0 Å². The molecule has 5 rings (SSSR count). The van der Waals surface area contributed by atoms with Crippen LogP contribution < -0.4 is 10.1 Å². The average molecular weight is 456 g/mol. The SMILES string of the molecule is O=C(Nc1cn(-c2cccc(Oc3cncnc3)c2)nn1)c1ccc(CN2CCCCC2)cc1. The molecule has 0 atom stereocenters. The number of piperidine rings is 1. The summed E-state index contributed by atoms with van der Waals surface area (Å²) in [6.07, 6.45) is 10.1. The first-order chi connectivity index (χ1) is 16.7. The van der Waals surface area contributed by atoms with Gasteiger partial charge in [-0.2, -0.15) is 0 Å². The van der Waals surface area contributed by atoms with Crippen LogP contribution in [0.25, 0.3) is 5.69 Å². The van der Waals surface area contributed by atoms with Gasteiger partial charge in [-0.3, -0.25) is 9.69 Å². The summed E-state index contributed by atoms with van der Waals surface area (Å²) < 4.78 is 7.34. The minimum Gasteiger partial charge on any atom is -0.454 e. The molecule has 2 aromatic carbocycles. The summed E-state index contributed by atoms with van der Waals surface area (Å²) in [7, 11) is 0. The first-order valence-corrected chi connectivity index (χ1v) is 11.3. The Labute approximate surface area is 197 Å². The van der Waals surface area contributed by atoms with Gasteiger partial charge in [-0.05, 0) is 55.8 Å². The summed E-state index contributed by atoms with van der Waals surface area (Å²) >= 11 is 0. The van der Waals surface area contributed by atoms with Gasteiger partial charge in [0.2, 0.25) is 0 Å². The second-order valence-electron chi connectivity index (χ2n) is 8.21. The van der Waals surface area contributed by atoms with Crippen LogP contribution in [-0.4, -0.2) is 48.9 Å². The van der Waals surface area contributed by atoms with E-state index in [9.17, 15) is 4.79 Å². The molecule has 1 amide bonds. The molecule has 2 aromatic heterocycles. The predicted molar refractivity (Wildman–Crippen MR) is 127 cm³/mol. The number of nitrogens with one attached hydrogen (secondary N) is 1. The molecular formula is C25H25N7O2. The lowest BCUT2D eigenvalue weighted by atomic mass is 10.1. The summed E-state index contributed by atoms with van der Waals surface area (Å²) in [4.78, 5) is 23.0. The quantitative estimate of drug-likeness (QED) is 0.448. The first kappa shape index (κ1) is 21.7. The van der Waals surface area contributed by atoms with Gasteiger partial charge in [-0.15, -0.1) is 5.10 Å². The van der Waals surface area contributed by atoms with Crippen LogP contribution in [0.5, 0.6) is 11.5 Å². The summed E-state index contributed by atoms with van der Waals surface area (Å²) in [6, 6.07) is 15.1. The van der Waals surface area contributed by atoms with E-state index < -0.39 is 0 Å². The molecule has 0 unspecified atom stereocenters. The first-order valence-electron chi connectivity index (χ1n) is 11.3. The number of anilines is 1. The van der Waals surface area contributed by atoms with E-state index in [-0.39, 0.29) is 5.91 Å². The maximum Gasteiger partial charge on any atom is 0.256 e. The van der Waals surface area contributed by atoms with Crippen molar-refractivity contribution in [1.82, 2.24) is 29.9 Å². The van der Waals surface area contributed by atoms with Crippen LogP contribution in [0.4, 0.5) is 5.82 Å². The molecule has 0 saturated carbocycles. The average Bonchev–Trinajstić information content (AvgIpc) is 3.34. The van der Waals surface area contributed by atoms with Gasteiger partial charge in [0.15, 0.2) is 11.6 Å². The second kappa shape index (κ2) is 10.2. The van der Waals surface area contributed by atoms with E-state index in [0.29, 0.717) is 22.9 Å². The van der Waals surface area contributed by atoms with Gasteiger partial charge < -0.3 is 10.1 Å². The number of nitrogens with zero attached hydrogens (tertiary/aromatic N) is 6. The summed E-state index contributed by atoms with van der Waals surface area (Å²) in [5.41, 5.74) is 2.54. The molecule has 1 fully saturated rings. The van der Waals surface area contributed by atoms with Crippen molar-refractivity contribution in [2.24, 2.45) is 0 Å². The topological polar surface area (TPSA) is 98.1 Å². The summed E-state index contributed by atoms with van der Waals surface area (Å²) in [5, 5.41) is 11.0. The van der Waals surface area contributed by atoms with E-state index in [0.717, 1.165) is 25.3 Å². The van der Waals surface area contributed by atoms with E-state index in [1.165, 1.54) is 31.2 Å². The predicted octanol–water partition coefficient (Wildman–Crippen LogP) is 4.09. The van der Waals surface area contributed by atoms with Crippen molar-refractivity contribution in [3.8, 4) is 17.2 Å². The lowest BCUT2D eigenvalue weighted by molar-refractivity contribution is 0.102. The fourth-order valence-corrected chi connectivity index (χ4v) is 3.94. The molecule has 1 saturated heterocycles. The van der Waals surface area contributed by atoms with Gasteiger partial charge in [-0.25, -0.2) is 14.6 Å². The highest BCUT2D eigenvalue weighted by molar-refractivity contribution is 6.03. The van der Waals surface area contributed by atoms with Gasteiger partial charge in [0.25, 0.3) is 5.91 Å². The third kappa shape index (κ3) is 5.44. The highest BCUT2D eigenvalue weighted by Crippen LogP contribution is 2.22. The molecule has 1 aliphatic heterocycles. The number of amides is 1. The van der Waals surface area contributed by atoms with Crippen LogP contribution in [0.1, 0.15) is 35.2 Å². The molecule has 0 bridgehead atoms. The fraction of sp³-hybridized carbons (Fsp3) is 0.240.